The zero-order valence-corrected chi connectivity index (χ0v) is 11.6. The monoisotopic (exact) mass is 289 g/mol. The van der Waals surface area contributed by atoms with Crippen molar-refractivity contribution in [3.63, 3.8) is 0 Å². The molecule has 0 radical (unpaired) electrons. The fraction of sp³-hybridized carbons (Fsp3) is 0.294. The molecule has 0 fully saturated rings. The Kier molecular flexibility index (Phi) is 4.27. The molecule has 0 bridgehead atoms. The molecule has 2 nitrogen and oxygen atoms in total. The molecule has 21 heavy (non-hydrogen) atoms. The summed E-state index contributed by atoms with van der Waals surface area (Å²) in [7, 11) is 0. The maximum absolute atomic E-state index is 12.0. The molecule has 0 atom stereocenters. The largest absolute Gasteiger partial charge is 0.374 e. The lowest BCUT2D eigenvalue weighted by Crippen LogP contribution is -2.25. The van der Waals surface area contributed by atoms with Gasteiger partial charge >= 0.3 is 0 Å². The summed E-state index contributed by atoms with van der Waals surface area (Å²) in [4.78, 5) is 0. The Balaban J connectivity index is 1.70. The van der Waals surface area contributed by atoms with Gasteiger partial charge in [0.2, 0.25) is 0 Å². The van der Waals surface area contributed by atoms with Crippen molar-refractivity contribution in [1.82, 2.24) is 5.32 Å². The van der Waals surface area contributed by atoms with E-state index < -0.39 is 13.0 Å². The van der Waals surface area contributed by atoms with Gasteiger partial charge in [-0.25, -0.2) is 8.78 Å². The van der Waals surface area contributed by atoms with Crippen LogP contribution in [0.4, 0.5) is 8.78 Å². The van der Waals surface area contributed by atoms with E-state index in [1.54, 1.807) is 0 Å². The molecule has 0 spiro atoms. The Morgan fingerprint density at radius 2 is 1.52 bits per heavy atom. The first-order valence-electron chi connectivity index (χ1n) is 7.05. The molecule has 2 aromatic rings. The summed E-state index contributed by atoms with van der Waals surface area (Å²) in [5, 5.41) is 3.40. The van der Waals surface area contributed by atoms with Crippen LogP contribution in [0.3, 0.4) is 0 Å². The molecule has 0 amide bonds. The summed E-state index contributed by atoms with van der Waals surface area (Å²) in [6.07, 6.45) is -2.40. The van der Waals surface area contributed by atoms with Crippen molar-refractivity contribution in [2.24, 2.45) is 0 Å². The molecule has 1 N–H and O–H groups in total. The minimum atomic E-state index is -2.40. The molecular weight excluding hydrogens is 272 g/mol. The highest BCUT2D eigenvalue weighted by Crippen LogP contribution is 2.42. The SMILES string of the molecule is FC(F)COCCNC1c2ccccc2-c2ccccc21. The second-order valence-electron chi connectivity index (χ2n) is 5.03. The van der Waals surface area contributed by atoms with E-state index in [2.05, 4.69) is 29.6 Å². The van der Waals surface area contributed by atoms with Crippen molar-refractivity contribution >= 4 is 0 Å². The van der Waals surface area contributed by atoms with Crippen LogP contribution < -0.4 is 5.32 Å². The second kappa shape index (κ2) is 6.33. The van der Waals surface area contributed by atoms with E-state index in [1.165, 1.54) is 22.3 Å². The fourth-order valence-electron chi connectivity index (χ4n) is 2.82. The van der Waals surface area contributed by atoms with Crippen LogP contribution in [0.25, 0.3) is 11.1 Å². The lowest BCUT2D eigenvalue weighted by atomic mass is 10.1. The first-order valence-corrected chi connectivity index (χ1v) is 7.05. The number of benzene rings is 2. The topological polar surface area (TPSA) is 21.3 Å². The van der Waals surface area contributed by atoms with Gasteiger partial charge in [0.25, 0.3) is 6.43 Å². The van der Waals surface area contributed by atoms with E-state index in [9.17, 15) is 8.78 Å². The Morgan fingerprint density at radius 3 is 2.10 bits per heavy atom. The van der Waals surface area contributed by atoms with Crippen LogP contribution in [0.2, 0.25) is 0 Å². The fourth-order valence-corrected chi connectivity index (χ4v) is 2.82. The third-order valence-electron chi connectivity index (χ3n) is 3.67. The van der Waals surface area contributed by atoms with E-state index in [1.807, 2.05) is 24.3 Å². The summed E-state index contributed by atoms with van der Waals surface area (Å²) in [6.45, 7) is 0.324. The maximum atomic E-state index is 12.0. The third-order valence-corrected chi connectivity index (χ3v) is 3.67. The van der Waals surface area contributed by atoms with E-state index in [4.69, 9.17) is 4.74 Å². The van der Waals surface area contributed by atoms with E-state index in [0.717, 1.165) is 0 Å². The molecule has 1 aliphatic rings. The lowest BCUT2D eigenvalue weighted by Gasteiger charge is -2.15. The molecule has 3 rings (SSSR count). The van der Waals surface area contributed by atoms with Gasteiger partial charge in [-0.1, -0.05) is 48.5 Å². The van der Waals surface area contributed by atoms with E-state index in [-0.39, 0.29) is 12.6 Å². The first-order chi connectivity index (χ1) is 10.3. The normalized spacial score (nSPS) is 13.5. The highest BCUT2D eigenvalue weighted by Gasteiger charge is 2.27. The highest BCUT2D eigenvalue weighted by molar-refractivity contribution is 5.78. The van der Waals surface area contributed by atoms with Gasteiger partial charge in [-0.2, -0.15) is 0 Å². The van der Waals surface area contributed by atoms with E-state index in [0.29, 0.717) is 6.54 Å². The van der Waals surface area contributed by atoms with E-state index >= 15 is 0 Å². The number of nitrogens with one attached hydrogen (secondary N) is 1. The standard InChI is InChI=1S/C17H17F2NO/c18-16(19)11-21-10-9-20-17-14-7-3-1-5-12(14)13-6-2-4-8-15(13)17/h1-8,16-17,20H,9-11H2. The molecule has 2 aromatic carbocycles. The summed E-state index contributed by atoms with van der Waals surface area (Å²) in [5.74, 6) is 0. The summed E-state index contributed by atoms with van der Waals surface area (Å²) in [5.41, 5.74) is 4.93. The van der Waals surface area contributed by atoms with Crippen LogP contribution in [-0.2, 0) is 4.74 Å². The summed E-state index contributed by atoms with van der Waals surface area (Å²) >= 11 is 0. The average molecular weight is 289 g/mol. The van der Waals surface area contributed by atoms with Crippen LogP contribution in [0.5, 0.6) is 0 Å². The van der Waals surface area contributed by atoms with Crippen molar-refractivity contribution in [2.75, 3.05) is 19.8 Å². The van der Waals surface area contributed by atoms with Crippen molar-refractivity contribution in [3.05, 3.63) is 59.7 Å². The molecule has 1 aliphatic carbocycles. The molecule has 0 aliphatic heterocycles. The van der Waals surface area contributed by atoms with Gasteiger partial charge < -0.3 is 10.1 Å². The van der Waals surface area contributed by atoms with Gasteiger partial charge in [0.15, 0.2) is 0 Å². The minimum Gasteiger partial charge on any atom is -0.374 e. The van der Waals surface area contributed by atoms with Crippen LogP contribution in [-0.4, -0.2) is 26.2 Å². The summed E-state index contributed by atoms with van der Waals surface area (Å²) < 4.78 is 28.9. The second-order valence-corrected chi connectivity index (χ2v) is 5.03. The van der Waals surface area contributed by atoms with Crippen LogP contribution in [0, 0.1) is 0 Å². The number of rotatable bonds is 6. The zero-order valence-electron chi connectivity index (χ0n) is 11.6. The Bertz CT molecular complexity index is 570. The molecule has 0 saturated carbocycles. The molecular formula is C17H17F2NO. The molecule has 0 unspecified atom stereocenters. The third kappa shape index (κ3) is 2.96. The van der Waals surface area contributed by atoms with Crippen molar-refractivity contribution in [1.29, 1.82) is 0 Å². The molecule has 4 heteroatoms. The van der Waals surface area contributed by atoms with Gasteiger partial charge in [0.05, 0.1) is 12.6 Å². The van der Waals surface area contributed by atoms with Crippen LogP contribution in [0.1, 0.15) is 17.2 Å². The number of alkyl halides is 2. The number of ether oxygens (including phenoxy) is 1. The minimum absolute atomic E-state index is 0.104. The Morgan fingerprint density at radius 1 is 0.952 bits per heavy atom. The van der Waals surface area contributed by atoms with Gasteiger partial charge in [-0.05, 0) is 22.3 Å². The molecule has 0 saturated heterocycles. The number of hydrogen-bond donors (Lipinski definition) is 1. The van der Waals surface area contributed by atoms with Crippen LogP contribution in [0.15, 0.2) is 48.5 Å². The highest BCUT2D eigenvalue weighted by atomic mass is 19.3. The summed E-state index contributed by atoms with van der Waals surface area (Å²) in [6, 6.07) is 16.6. The Labute approximate surface area is 122 Å². The maximum Gasteiger partial charge on any atom is 0.261 e. The Hall–Kier alpha value is -1.78. The predicted octanol–water partition coefficient (Wildman–Crippen LogP) is 3.63. The van der Waals surface area contributed by atoms with Crippen LogP contribution >= 0.6 is 0 Å². The van der Waals surface area contributed by atoms with Crippen molar-refractivity contribution in [2.45, 2.75) is 12.5 Å². The number of halogens is 2. The zero-order chi connectivity index (χ0) is 14.7. The van der Waals surface area contributed by atoms with Gasteiger partial charge in [0, 0.05) is 6.54 Å². The quantitative estimate of drug-likeness (QED) is 0.820. The van der Waals surface area contributed by atoms with Crippen molar-refractivity contribution < 1.29 is 13.5 Å². The smallest absolute Gasteiger partial charge is 0.261 e. The molecule has 0 heterocycles. The van der Waals surface area contributed by atoms with Crippen molar-refractivity contribution in [3.8, 4) is 11.1 Å². The van der Waals surface area contributed by atoms with Gasteiger partial charge in [-0.3, -0.25) is 0 Å². The lowest BCUT2D eigenvalue weighted by molar-refractivity contribution is 0.0184. The van der Waals surface area contributed by atoms with Gasteiger partial charge in [0.1, 0.15) is 6.61 Å². The predicted molar refractivity (Wildman–Crippen MR) is 78.5 cm³/mol. The average Bonchev–Trinajstić information content (AvgIpc) is 2.81. The van der Waals surface area contributed by atoms with Gasteiger partial charge in [-0.15, -0.1) is 0 Å². The molecule has 110 valence electrons. The number of hydrogen-bond acceptors (Lipinski definition) is 2. The number of fused-ring (bicyclic) bond motifs is 3. The first kappa shape index (κ1) is 14.2. The molecule has 0 aromatic heterocycles.